The number of nitrogens with zero attached hydrogens (tertiary/aromatic N) is 8. The zero-order valence-electron chi connectivity index (χ0n) is 71.3. The van der Waals surface area contributed by atoms with Crippen LogP contribution >= 0.6 is 0 Å². The first-order valence-electron chi connectivity index (χ1n) is 35.4. The largest absolute Gasteiger partial charge is 0.477 e. The summed E-state index contributed by atoms with van der Waals surface area (Å²) in [4.78, 5) is 37.6. The van der Waals surface area contributed by atoms with Crippen molar-refractivity contribution in [3.8, 4) is 639 Å². The Morgan fingerprint density at radius 3 is 0.511 bits per heavy atom. The molecule has 0 saturated carbocycles. The molecule has 0 aromatic carbocycles. The smallest absolute Gasteiger partial charge is 0.357 e. The number of carboxylic acids is 1. The van der Waals surface area contributed by atoms with E-state index in [1.54, 1.807) is 7.05 Å². The number of terminal acetylenes is 2. The van der Waals surface area contributed by atoms with Crippen molar-refractivity contribution in [3.05, 3.63) is 47.8 Å². The summed E-state index contributed by atoms with van der Waals surface area (Å²) in [5, 5.41) is 16.7. The molecule has 0 bridgehead atoms. The third kappa shape index (κ3) is 61.5. The van der Waals surface area contributed by atoms with E-state index in [1.807, 2.05) is 0 Å². The molecule has 604 valence electrons. The summed E-state index contributed by atoms with van der Waals surface area (Å²) in [5.74, 6) is 245. The van der Waals surface area contributed by atoms with Gasteiger partial charge < -0.3 is 19.3 Å². The average molecular weight is 1750 g/mol. The molecule has 0 spiro atoms. The normalized spacial score (nSPS) is 5.65. The maximum Gasteiger partial charge on any atom is 0.357 e. The molecule has 0 fully saturated rings. The number of carboxylic acid groups (broad SMARTS) is 1. The molecule has 0 radical (unpaired) electrons. The first kappa shape index (κ1) is 108. The number of aromatic carboxylic acids is 1. The van der Waals surface area contributed by atoms with Gasteiger partial charge in [0.1, 0.15) is 11.4 Å². The van der Waals surface area contributed by atoms with Gasteiger partial charge in [-0.3, -0.25) is 9.36 Å². The van der Waals surface area contributed by atoms with E-state index in [2.05, 4.69) is 627 Å². The number of hydrogen-bond donors (Lipinski definition) is 1. The van der Waals surface area contributed by atoms with Crippen molar-refractivity contribution >= 4 is 11.9 Å². The molecule has 16 heteroatoms. The lowest BCUT2D eigenvalue weighted by molar-refractivity contribution is 0.0588. The van der Waals surface area contributed by atoms with Crippen LogP contribution in [0.4, 0.5) is 8.78 Å². The van der Waals surface area contributed by atoms with E-state index < -0.39 is 23.6 Å². The zero-order valence-corrected chi connectivity index (χ0v) is 71.3. The molecule has 0 aliphatic carbocycles. The summed E-state index contributed by atoms with van der Waals surface area (Å²) in [7, 11) is 6.92. The fourth-order valence-electron chi connectivity index (χ4n) is 6.16. The first-order chi connectivity index (χ1) is 68.5. The zero-order chi connectivity index (χ0) is 100.0. The second-order valence-corrected chi connectivity index (χ2v) is 19.5. The quantitative estimate of drug-likeness (QED) is 0.221. The predicted molar refractivity (Wildman–Crippen MR) is 518 cm³/mol. The van der Waals surface area contributed by atoms with Crippen molar-refractivity contribution in [2.75, 3.05) is 21.3 Å². The van der Waals surface area contributed by atoms with Crippen LogP contribution in [0.25, 0.3) is 22.5 Å². The maximum absolute atomic E-state index is 13.8. The summed E-state index contributed by atoms with van der Waals surface area (Å²) >= 11 is 0. The molecule has 14 nitrogen and oxygen atoms in total. The Kier molecular flexibility index (Phi) is 63.1. The van der Waals surface area contributed by atoms with Gasteiger partial charge in [0, 0.05) is 511 Å². The number of aromatic nitrogens is 8. The molecule has 139 heavy (non-hydrogen) atoms. The second kappa shape index (κ2) is 81.5. The van der Waals surface area contributed by atoms with E-state index in [-0.39, 0.29) is 45.9 Å². The monoisotopic (exact) mass is 1740 g/mol. The van der Waals surface area contributed by atoms with Crippen molar-refractivity contribution in [3.63, 3.8) is 0 Å². The fourth-order valence-corrected chi connectivity index (χ4v) is 6.16. The van der Waals surface area contributed by atoms with Gasteiger partial charge in [0.2, 0.25) is 0 Å². The number of esters is 1. The summed E-state index contributed by atoms with van der Waals surface area (Å²) in [5.41, 5.74) is 0.000237. The van der Waals surface area contributed by atoms with E-state index in [9.17, 15) is 18.4 Å². The van der Waals surface area contributed by atoms with Gasteiger partial charge in [-0.25, -0.2) is 28.3 Å². The van der Waals surface area contributed by atoms with Gasteiger partial charge >= 0.3 is 24.0 Å². The molecule has 0 atom stereocenters. The number of ether oxygens (including phenoxy) is 3. The number of methoxy groups -OCH3 is 3. The summed E-state index contributed by atoms with van der Waals surface area (Å²) in [6.07, 6.45) is 14.4. The SMILES string of the molecule is C#CC#CC#CC#CC#CC#CC#CC#CC#CC#CC#CC#CC#CC#CC#CC#CC#CC#CC#CC#CC#CC#CC#CC#CC#CC#CC#CC#CC#CC#CC#CC#CC#CC#CC#CC#CC#CC#CC#CC#CC#CC#CC#CC#CC#CC#CC#CC#CC#CC#CC#C.COC(=O)c1c(-c2nc(OC)ncc2F)cnn1C.COc1ncc(F)c(-c2cnn(C)c2C(=O)O)n1. The molecule has 1 N–H and O–H groups in total. The summed E-state index contributed by atoms with van der Waals surface area (Å²) < 4.78 is 44.1. The second-order valence-electron chi connectivity index (χ2n) is 19.5. The highest BCUT2D eigenvalue weighted by Crippen LogP contribution is 2.27. The molecule has 0 amide bonds. The van der Waals surface area contributed by atoms with Crippen molar-refractivity contribution < 1.29 is 37.7 Å². The van der Waals surface area contributed by atoms with Crippen LogP contribution in [0.15, 0.2) is 24.8 Å². The van der Waals surface area contributed by atoms with Gasteiger partial charge in [-0.2, -0.15) is 20.2 Å². The van der Waals surface area contributed by atoms with Crippen LogP contribution in [0.3, 0.4) is 0 Å². The predicted octanol–water partition coefficient (Wildman–Crippen LogP) is 1.95. The molecule has 0 aliphatic heterocycles. The molecule has 4 aromatic heterocycles. The highest BCUT2D eigenvalue weighted by Gasteiger charge is 2.24. The third-order valence-corrected chi connectivity index (χ3v) is 11.0. The van der Waals surface area contributed by atoms with Gasteiger partial charge in [0.05, 0.1) is 57.2 Å². The molecule has 0 unspecified atom stereocenters. The molecule has 0 saturated heterocycles. The van der Waals surface area contributed by atoms with Crippen molar-refractivity contribution in [1.29, 1.82) is 0 Å². The molecule has 4 aromatic rings. The Balaban J connectivity index is 0.00000142. The lowest BCUT2D eigenvalue weighted by Gasteiger charge is -2.05. The van der Waals surface area contributed by atoms with Crippen LogP contribution in [0, 0.1) is 617 Å². The van der Waals surface area contributed by atoms with Crippen LogP contribution in [-0.4, -0.2) is 77.9 Å². The van der Waals surface area contributed by atoms with Gasteiger partial charge in [-0.05, 0) is 94.7 Å². The summed E-state index contributed by atoms with van der Waals surface area (Å²) in [6, 6.07) is -0.0531. The van der Waals surface area contributed by atoms with Crippen molar-refractivity contribution in [2.45, 2.75) is 0 Å². The van der Waals surface area contributed by atoms with E-state index in [0.29, 0.717) is 0 Å². The highest BCUT2D eigenvalue weighted by atomic mass is 19.1. The molecule has 4 rings (SSSR count). The molecular weight excluding hydrogens is 1720 g/mol. The number of hydrogen-bond acceptors (Lipinski definition) is 11. The van der Waals surface area contributed by atoms with E-state index >= 15 is 0 Å². The van der Waals surface area contributed by atoms with Crippen LogP contribution in [0.1, 0.15) is 21.0 Å². The number of rotatable bonds is 6. The Morgan fingerprint density at radius 2 is 0.381 bits per heavy atom. The van der Waals surface area contributed by atoms with E-state index in [1.165, 1.54) is 45.5 Å². The Labute approximate surface area is 806 Å². The Hall–Kier alpha value is -27.5. The average Bonchev–Trinajstić information content (AvgIpc) is 1.68. The van der Waals surface area contributed by atoms with Gasteiger partial charge in [-0.1, -0.05) is 0 Å². The van der Waals surface area contributed by atoms with E-state index in [0.717, 1.165) is 17.1 Å². The van der Waals surface area contributed by atoms with Gasteiger partial charge in [-0.15, -0.1) is 12.8 Å². The topological polar surface area (TPSA) is 169 Å². The molecular formula is C123H22F2N8O6. The van der Waals surface area contributed by atoms with Crippen molar-refractivity contribution in [2.24, 2.45) is 14.1 Å². The van der Waals surface area contributed by atoms with Crippen LogP contribution in [0.5, 0.6) is 12.0 Å². The minimum atomic E-state index is -1.22. The highest BCUT2D eigenvalue weighted by molar-refractivity contribution is 5.95. The van der Waals surface area contributed by atoms with E-state index in [4.69, 9.17) is 27.4 Å². The Morgan fingerprint density at radius 1 is 0.245 bits per heavy atom. The number of aryl methyl sites for hydroxylation is 2. The van der Waals surface area contributed by atoms with Crippen LogP contribution < -0.4 is 9.47 Å². The fraction of sp³-hybridized carbons (Fsp3) is 0.0407. The lowest BCUT2D eigenvalue weighted by Crippen LogP contribution is -2.10. The number of carbonyl (C=O) groups excluding carboxylic acids is 1. The third-order valence-electron chi connectivity index (χ3n) is 11.0. The number of halogens is 2. The minimum absolute atomic E-state index is 0.00364. The Bertz CT molecular complexity index is 9110. The van der Waals surface area contributed by atoms with Crippen LogP contribution in [-0.2, 0) is 18.8 Å². The summed E-state index contributed by atoms with van der Waals surface area (Å²) in [6.45, 7) is 0. The minimum Gasteiger partial charge on any atom is -0.477 e. The van der Waals surface area contributed by atoms with Gasteiger partial charge in [0.25, 0.3) is 0 Å². The van der Waals surface area contributed by atoms with Crippen LogP contribution in [0.2, 0.25) is 0 Å². The van der Waals surface area contributed by atoms with Crippen molar-refractivity contribution in [1.82, 2.24) is 39.5 Å². The first-order valence-corrected chi connectivity index (χ1v) is 35.4. The molecule has 0 aliphatic rings. The maximum atomic E-state index is 13.8. The lowest BCUT2D eigenvalue weighted by atomic mass is 10.1. The molecule has 4 heterocycles. The number of carbonyl (C=O) groups is 2. The van der Waals surface area contributed by atoms with Gasteiger partial charge in [0.15, 0.2) is 23.0 Å². The standard InChI is InChI=1S/C102H2.C11H11FN4O3.C10H9FN4O3/c1-3-5-7-9-11-13-15-17-19-21-23-25-27-29-31-33-35-37-39-41-43-45-47-49-51-53-55-57-59-61-63-65-67-69-71-73-75-77-79-81-83-85-87-89-91-93-95-97-99-101-102-100-98-96-94-92-90-88-86-84-82-80-78-76-74-72-70-68-66-64-62-60-58-56-54-52-50-48-46-44-42-40-38-36-34-32-30-28-26-24-22-20-18-16-14-12-10-8-6-4-2;1-16-9(10(17)18-2)6(4-14-16)8-7(12)5-13-11(15-8)19-3;1-15-8(9(16)17)5(3-13-15)7-6(11)4-12-10(14-7)18-2/h1-2H;4-5H,1-3H3;3-4H,1-2H3,(H,16,17).